The normalized spacial score (nSPS) is 10.4. The van der Waals surface area contributed by atoms with Gasteiger partial charge < -0.3 is 0 Å². The van der Waals surface area contributed by atoms with Crippen LogP contribution in [0.25, 0.3) is 16.3 Å². The average molecular weight is 236 g/mol. The van der Waals surface area contributed by atoms with E-state index in [9.17, 15) is 0 Å². The zero-order chi connectivity index (χ0) is 8.55. The molecule has 0 unspecified atom stereocenters. The summed E-state index contributed by atoms with van der Waals surface area (Å²) in [6, 6.07) is 0. The van der Waals surface area contributed by atoms with Crippen molar-refractivity contribution < 1.29 is 0 Å². The van der Waals surface area contributed by atoms with E-state index in [1.807, 2.05) is 11.5 Å². The predicted molar refractivity (Wildman–Crippen MR) is 52.9 cm³/mol. The molecule has 2 heterocycles. The zero-order valence-corrected chi connectivity index (χ0v) is 8.88. The molecule has 0 amide bonds. The van der Waals surface area contributed by atoms with E-state index >= 15 is 0 Å². The number of hydrogen-bond acceptors (Lipinski definition) is 3. The van der Waals surface area contributed by atoms with Crippen molar-refractivity contribution in [2.45, 2.75) is 0 Å². The number of fused-ring (bicyclic) bond motifs is 1. The Kier molecular flexibility index (Phi) is 1.99. The molecule has 0 saturated carbocycles. The molecular formula is C8H5AsN2S. The first-order valence-electron chi connectivity index (χ1n) is 3.36. The SMILES string of the molecule is C=Cc1csc2c([As])ncnc12. The molecule has 0 fully saturated rings. The molecule has 4 heteroatoms. The first-order valence-corrected chi connectivity index (χ1v) is 5.18. The molecule has 2 radical (unpaired) electrons. The van der Waals surface area contributed by atoms with Crippen molar-refractivity contribution in [3.8, 4) is 0 Å². The van der Waals surface area contributed by atoms with E-state index in [0.29, 0.717) is 0 Å². The van der Waals surface area contributed by atoms with Gasteiger partial charge in [0.2, 0.25) is 0 Å². The van der Waals surface area contributed by atoms with Crippen LogP contribution in [0.4, 0.5) is 0 Å². The molecule has 0 bridgehead atoms. The monoisotopic (exact) mass is 236 g/mol. The summed E-state index contributed by atoms with van der Waals surface area (Å²) in [4.78, 5) is 8.28. The molecule has 0 aliphatic rings. The summed E-state index contributed by atoms with van der Waals surface area (Å²) in [5.41, 5.74) is 2.09. The Labute approximate surface area is 82.9 Å². The van der Waals surface area contributed by atoms with Gasteiger partial charge in [0.15, 0.2) is 0 Å². The molecule has 2 rings (SSSR count). The number of thiophene rings is 1. The summed E-state index contributed by atoms with van der Waals surface area (Å²) in [5, 5.41) is 2.04. The van der Waals surface area contributed by atoms with Gasteiger partial charge in [-0.1, -0.05) is 0 Å². The molecule has 2 aromatic heterocycles. The van der Waals surface area contributed by atoms with E-state index in [4.69, 9.17) is 0 Å². The number of aromatic nitrogens is 2. The second kappa shape index (κ2) is 3.00. The summed E-state index contributed by atoms with van der Waals surface area (Å²) >= 11 is 4.10. The summed E-state index contributed by atoms with van der Waals surface area (Å²) in [7, 11) is 0. The number of nitrogens with zero attached hydrogens (tertiary/aromatic N) is 2. The summed E-state index contributed by atoms with van der Waals surface area (Å²) in [5.74, 6) is 0. The van der Waals surface area contributed by atoms with Gasteiger partial charge in [-0.2, -0.15) is 0 Å². The van der Waals surface area contributed by atoms with Gasteiger partial charge in [0.05, 0.1) is 0 Å². The third-order valence-electron chi connectivity index (χ3n) is 1.58. The van der Waals surface area contributed by atoms with Crippen LogP contribution in [0.3, 0.4) is 0 Å². The van der Waals surface area contributed by atoms with Gasteiger partial charge in [0.1, 0.15) is 0 Å². The standard InChI is InChI=1S/C8H5AsN2S/c1-2-5-3-12-7-6(5)10-4-11-8(7)9/h2-4H,1H2. The Morgan fingerprint density at radius 2 is 2.33 bits per heavy atom. The maximum absolute atomic E-state index is 4.19. The summed E-state index contributed by atoms with van der Waals surface area (Å²) in [6.07, 6.45) is 3.40. The van der Waals surface area contributed by atoms with Gasteiger partial charge in [-0.25, -0.2) is 0 Å². The Morgan fingerprint density at radius 1 is 1.50 bits per heavy atom. The molecule has 12 heavy (non-hydrogen) atoms. The van der Waals surface area contributed by atoms with Crippen LogP contribution in [0, 0.1) is 0 Å². The van der Waals surface area contributed by atoms with E-state index in [0.717, 1.165) is 20.3 Å². The molecule has 58 valence electrons. The second-order valence-electron chi connectivity index (χ2n) is 2.27. The van der Waals surface area contributed by atoms with Gasteiger partial charge in [0, 0.05) is 0 Å². The third-order valence-corrected chi connectivity index (χ3v) is 3.62. The predicted octanol–water partition coefficient (Wildman–Crippen LogP) is 1.13. The Hall–Kier alpha value is -0.662. The van der Waals surface area contributed by atoms with E-state index in [2.05, 4.69) is 33.4 Å². The van der Waals surface area contributed by atoms with Crippen LogP contribution in [-0.2, 0) is 0 Å². The number of hydrogen-bond donors (Lipinski definition) is 0. The van der Waals surface area contributed by atoms with E-state index in [1.165, 1.54) is 0 Å². The zero-order valence-electron chi connectivity index (χ0n) is 6.19. The molecule has 2 nitrogen and oxygen atoms in total. The first-order chi connectivity index (χ1) is 5.83. The van der Waals surface area contributed by atoms with Crippen LogP contribution < -0.4 is 4.48 Å². The van der Waals surface area contributed by atoms with Crippen LogP contribution >= 0.6 is 11.3 Å². The van der Waals surface area contributed by atoms with Gasteiger partial charge in [-0.05, 0) is 0 Å². The van der Waals surface area contributed by atoms with E-state index in [1.54, 1.807) is 17.7 Å². The van der Waals surface area contributed by atoms with Gasteiger partial charge in [-0.15, -0.1) is 0 Å². The van der Waals surface area contributed by atoms with Crippen molar-refractivity contribution in [2.24, 2.45) is 0 Å². The van der Waals surface area contributed by atoms with Crippen molar-refractivity contribution in [1.82, 2.24) is 9.97 Å². The molecule has 0 atom stereocenters. The Bertz CT molecular complexity index is 436. The van der Waals surface area contributed by atoms with Crippen molar-refractivity contribution in [1.29, 1.82) is 0 Å². The summed E-state index contributed by atoms with van der Waals surface area (Å²) in [6.45, 7) is 3.72. The first kappa shape index (κ1) is 7.96. The third kappa shape index (κ3) is 1.10. The van der Waals surface area contributed by atoms with Crippen molar-refractivity contribution in [2.75, 3.05) is 0 Å². The second-order valence-corrected chi connectivity index (χ2v) is 4.04. The molecular weight excluding hydrogens is 231 g/mol. The fourth-order valence-electron chi connectivity index (χ4n) is 1.00. The topological polar surface area (TPSA) is 25.8 Å². The molecule has 0 aromatic carbocycles. The molecule has 2 aromatic rings. The van der Waals surface area contributed by atoms with E-state index < -0.39 is 0 Å². The number of rotatable bonds is 1. The van der Waals surface area contributed by atoms with Gasteiger partial charge in [-0.3, -0.25) is 0 Å². The minimum absolute atomic E-state index is 0.977. The van der Waals surface area contributed by atoms with Gasteiger partial charge >= 0.3 is 82.8 Å². The van der Waals surface area contributed by atoms with Crippen molar-refractivity contribution >= 4 is 49.0 Å². The summed E-state index contributed by atoms with van der Waals surface area (Å²) < 4.78 is 2.11. The minimum atomic E-state index is 0.977. The van der Waals surface area contributed by atoms with E-state index in [-0.39, 0.29) is 0 Å². The maximum atomic E-state index is 4.19. The van der Waals surface area contributed by atoms with Gasteiger partial charge in [0.25, 0.3) is 0 Å². The van der Waals surface area contributed by atoms with Crippen LogP contribution in [0.2, 0.25) is 0 Å². The molecule has 0 saturated heterocycles. The average Bonchev–Trinajstić information content (AvgIpc) is 2.49. The van der Waals surface area contributed by atoms with Crippen LogP contribution in [0.1, 0.15) is 5.56 Å². The quantitative estimate of drug-likeness (QED) is 0.693. The molecule has 0 aliphatic carbocycles. The Morgan fingerprint density at radius 3 is 3.08 bits per heavy atom. The van der Waals surface area contributed by atoms with Crippen LogP contribution in [-0.4, -0.2) is 26.8 Å². The fraction of sp³-hybridized carbons (Fsp3) is 0. The van der Waals surface area contributed by atoms with Crippen molar-refractivity contribution in [3.63, 3.8) is 0 Å². The Balaban J connectivity index is 2.88. The van der Waals surface area contributed by atoms with Crippen LogP contribution in [0.15, 0.2) is 18.3 Å². The fourth-order valence-corrected chi connectivity index (χ4v) is 2.56. The van der Waals surface area contributed by atoms with Crippen LogP contribution in [0.5, 0.6) is 0 Å². The molecule has 0 spiro atoms. The molecule has 0 aliphatic heterocycles. The van der Waals surface area contributed by atoms with Crippen molar-refractivity contribution in [3.05, 3.63) is 23.8 Å². The molecule has 0 N–H and O–H groups in total.